The molecule has 0 bridgehead atoms. The molecule has 1 aliphatic rings. The number of rotatable bonds is 5. The molecule has 0 saturated heterocycles. The second-order valence-electron chi connectivity index (χ2n) is 6.59. The summed E-state index contributed by atoms with van der Waals surface area (Å²) in [5.74, 6) is -0.440. The number of fused-ring (bicyclic) bond motifs is 1. The van der Waals surface area contributed by atoms with Crippen molar-refractivity contribution in [3.8, 4) is 0 Å². The molecule has 0 radical (unpaired) electrons. The highest BCUT2D eigenvalue weighted by atomic mass is 32.2. The van der Waals surface area contributed by atoms with Crippen LogP contribution in [-0.2, 0) is 9.53 Å². The number of allylic oxidation sites excluding steroid dienone is 1. The van der Waals surface area contributed by atoms with Crippen molar-refractivity contribution >= 4 is 46.5 Å². The Kier molecular flexibility index (Phi) is 6.08. The Bertz CT molecular complexity index is 1280. The van der Waals surface area contributed by atoms with Crippen molar-refractivity contribution in [3.05, 3.63) is 83.2 Å². The Morgan fingerprint density at radius 2 is 2.07 bits per heavy atom. The molecule has 1 aromatic carbocycles. The van der Waals surface area contributed by atoms with Gasteiger partial charge in [0.1, 0.15) is 0 Å². The van der Waals surface area contributed by atoms with Crippen molar-refractivity contribution < 1.29 is 9.53 Å². The number of thiophene rings is 1. The summed E-state index contributed by atoms with van der Waals surface area (Å²) in [4.78, 5) is 33.5. The molecule has 0 N–H and O–H groups in total. The fourth-order valence-electron chi connectivity index (χ4n) is 3.40. The second kappa shape index (κ2) is 8.75. The number of hydrogen-bond donors (Lipinski definition) is 0. The van der Waals surface area contributed by atoms with Gasteiger partial charge in [0.25, 0.3) is 5.56 Å². The number of benzene rings is 1. The maximum Gasteiger partial charge on any atom is 0.338 e. The minimum Gasteiger partial charge on any atom is -0.463 e. The third-order valence-corrected chi connectivity index (χ3v) is 7.31. The zero-order valence-corrected chi connectivity index (χ0v) is 19.2. The summed E-state index contributed by atoms with van der Waals surface area (Å²) in [6.45, 7) is 3.83. The molecular formula is C22H20N2O3S3. The van der Waals surface area contributed by atoms with E-state index in [0.717, 1.165) is 15.3 Å². The van der Waals surface area contributed by atoms with Crippen molar-refractivity contribution in [1.82, 2.24) is 4.57 Å². The van der Waals surface area contributed by atoms with Crippen molar-refractivity contribution in [2.24, 2.45) is 4.99 Å². The predicted molar refractivity (Wildman–Crippen MR) is 123 cm³/mol. The summed E-state index contributed by atoms with van der Waals surface area (Å²) in [6.07, 6.45) is 3.89. The molecule has 0 fully saturated rings. The first-order chi connectivity index (χ1) is 14.5. The maximum absolute atomic E-state index is 13.4. The van der Waals surface area contributed by atoms with Crippen LogP contribution in [0.1, 0.15) is 30.3 Å². The lowest BCUT2D eigenvalue weighted by Gasteiger charge is -2.24. The number of thioether (sulfide) groups is 1. The van der Waals surface area contributed by atoms with Gasteiger partial charge in [0.2, 0.25) is 0 Å². The smallest absolute Gasteiger partial charge is 0.338 e. The molecule has 30 heavy (non-hydrogen) atoms. The highest BCUT2D eigenvalue weighted by molar-refractivity contribution is 7.98. The Hall–Kier alpha value is -2.42. The van der Waals surface area contributed by atoms with E-state index in [1.807, 2.05) is 54.1 Å². The van der Waals surface area contributed by atoms with Crippen LogP contribution in [0.3, 0.4) is 0 Å². The first-order valence-corrected chi connectivity index (χ1v) is 12.3. The van der Waals surface area contributed by atoms with Crippen LogP contribution in [0, 0.1) is 0 Å². The molecule has 0 aliphatic carbocycles. The largest absolute Gasteiger partial charge is 0.463 e. The SMILES string of the molecule is CCOC(=O)C1=C(C)N=c2s/c(=C/c3cccs3)c(=O)n2[C@H]1c1ccc(SC)cc1. The van der Waals surface area contributed by atoms with Gasteiger partial charge in [-0.2, -0.15) is 0 Å². The molecule has 0 saturated carbocycles. The highest BCUT2D eigenvalue weighted by Crippen LogP contribution is 2.31. The van der Waals surface area contributed by atoms with E-state index in [1.54, 1.807) is 41.5 Å². The number of carbonyl (C=O) groups is 1. The van der Waals surface area contributed by atoms with E-state index in [-0.39, 0.29) is 12.2 Å². The molecule has 0 unspecified atom stereocenters. The van der Waals surface area contributed by atoms with E-state index in [0.29, 0.717) is 20.6 Å². The van der Waals surface area contributed by atoms with Crippen molar-refractivity contribution in [2.75, 3.05) is 12.9 Å². The number of ether oxygens (including phenoxy) is 1. The summed E-state index contributed by atoms with van der Waals surface area (Å²) in [6, 6.07) is 11.3. The van der Waals surface area contributed by atoms with Gasteiger partial charge in [-0.25, -0.2) is 9.79 Å². The van der Waals surface area contributed by atoms with E-state index in [2.05, 4.69) is 4.99 Å². The van der Waals surface area contributed by atoms with Crippen LogP contribution in [0.25, 0.3) is 6.08 Å². The van der Waals surface area contributed by atoms with Gasteiger partial charge in [-0.05, 0) is 55.3 Å². The molecule has 3 aromatic rings. The molecule has 0 amide bonds. The van der Waals surface area contributed by atoms with Gasteiger partial charge in [-0.15, -0.1) is 23.1 Å². The number of carbonyl (C=O) groups excluding carboxylic acids is 1. The normalized spacial score (nSPS) is 16.4. The van der Waals surface area contributed by atoms with Gasteiger partial charge in [-0.3, -0.25) is 9.36 Å². The van der Waals surface area contributed by atoms with Crippen LogP contribution in [0.2, 0.25) is 0 Å². The zero-order valence-electron chi connectivity index (χ0n) is 16.7. The van der Waals surface area contributed by atoms with Gasteiger partial charge in [0, 0.05) is 9.77 Å². The number of aromatic nitrogens is 1. The van der Waals surface area contributed by atoms with E-state index in [9.17, 15) is 9.59 Å². The van der Waals surface area contributed by atoms with Crippen molar-refractivity contribution in [1.29, 1.82) is 0 Å². The lowest BCUT2D eigenvalue weighted by Crippen LogP contribution is -2.39. The van der Waals surface area contributed by atoms with Gasteiger partial charge >= 0.3 is 5.97 Å². The number of nitrogens with zero attached hydrogens (tertiary/aromatic N) is 2. The summed E-state index contributed by atoms with van der Waals surface area (Å²) < 4.78 is 7.54. The zero-order chi connectivity index (χ0) is 21.3. The minimum absolute atomic E-state index is 0.152. The quantitative estimate of drug-likeness (QED) is 0.435. The van der Waals surface area contributed by atoms with E-state index in [1.165, 1.54) is 11.3 Å². The fraction of sp³-hybridized carbons (Fsp3) is 0.227. The van der Waals surface area contributed by atoms with Crippen LogP contribution >= 0.6 is 34.4 Å². The third-order valence-electron chi connectivity index (χ3n) is 4.77. The molecule has 154 valence electrons. The molecule has 3 heterocycles. The monoisotopic (exact) mass is 456 g/mol. The molecular weight excluding hydrogens is 436 g/mol. The van der Waals surface area contributed by atoms with Crippen LogP contribution < -0.4 is 14.9 Å². The standard InChI is InChI=1S/C22H20N2O3S3/c1-4-27-21(26)18-13(2)23-22-24(19(18)14-7-9-15(28-3)10-8-14)20(25)17(30-22)12-16-6-5-11-29-16/h5-12,19H,4H2,1-3H3/b17-12+/t19-/m0/s1. The topological polar surface area (TPSA) is 60.7 Å². The lowest BCUT2D eigenvalue weighted by molar-refractivity contribution is -0.139. The minimum atomic E-state index is -0.568. The Balaban J connectivity index is 1.95. The summed E-state index contributed by atoms with van der Waals surface area (Å²) >= 11 is 4.56. The van der Waals surface area contributed by atoms with E-state index >= 15 is 0 Å². The number of hydrogen-bond acceptors (Lipinski definition) is 7. The Morgan fingerprint density at radius 3 is 2.70 bits per heavy atom. The lowest BCUT2D eigenvalue weighted by atomic mass is 9.96. The molecule has 8 heteroatoms. The summed E-state index contributed by atoms with van der Waals surface area (Å²) in [5, 5.41) is 1.97. The van der Waals surface area contributed by atoms with Gasteiger partial charge in [0.05, 0.1) is 28.5 Å². The second-order valence-corrected chi connectivity index (χ2v) is 9.46. The van der Waals surface area contributed by atoms with E-state index < -0.39 is 12.0 Å². The molecule has 5 nitrogen and oxygen atoms in total. The van der Waals surface area contributed by atoms with Crippen LogP contribution in [-0.4, -0.2) is 23.4 Å². The first-order valence-electron chi connectivity index (χ1n) is 9.40. The van der Waals surface area contributed by atoms with Gasteiger partial charge < -0.3 is 4.74 Å². The Morgan fingerprint density at radius 1 is 1.30 bits per heavy atom. The number of thiazole rings is 1. The summed E-state index contributed by atoms with van der Waals surface area (Å²) in [5.41, 5.74) is 1.69. The highest BCUT2D eigenvalue weighted by Gasteiger charge is 2.33. The molecule has 1 aliphatic heterocycles. The first kappa shape index (κ1) is 20.8. The third kappa shape index (κ3) is 3.82. The molecule has 1 atom stereocenters. The maximum atomic E-state index is 13.4. The Labute approximate surface area is 186 Å². The number of esters is 1. The van der Waals surface area contributed by atoms with E-state index in [4.69, 9.17) is 4.74 Å². The van der Waals surface area contributed by atoms with Crippen molar-refractivity contribution in [3.63, 3.8) is 0 Å². The molecule has 4 rings (SSSR count). The van der Waals surface area contributed by atoms with Crippen LogP contribution in [0.15, 0.2) is 67.7 Å². The summed E-state index contributed by atoms with van der Waals surface area (Å²) in [7, 11) is 0. The van der Waals surface area contributed by atoms with Crippen LogP contribution in [0.5, 0.6) is 0 Å². The van der Waals surface area contributed by atoms with Gasteiger partial charge in [0.15, 0.2) is 4.80 Å². The van der Waals surface area contributed by atoms with Gasteiger partial charge in [-0.1, -0.05) is 29.5 Å². The average Bonchev–Trinajstić information content (AvgIpc) is 3.36. The van der Waals surface area contributed by atoms with Crippen LogP contribution in [0.4, 0.5) is 0 Å². The fourth-order valence-corrected chi connectivity index (χ4v) is 5.57. The molecule has 2 aromatic heterocycles. The van der Waals surface area contributed by atoms with Crippen molar-refractivity contribution in [2.45, 2.75) is 24.8 Å². The predicted octanol–water partition coefficient (Wildman–Crippen LogP) is 3.58. The molecule has 0 spiro atoms. The average molecular weight is 457 g/mol.